The Morgan fingerprint density at radius 1 is 1.07 bits per heavy atom. The van der Waals surface area contributed by atoms with Crippen molar-refractivity contribution in [2.45, 2.75) is 6.54 Å². The standard InChI is InChI=1S/C22H23ClN2O4/c23-19-13-17(14-20-22(19)29-12-11-28-20)3-6-21(26)24-15-16-1-4-18(5-2-16)25-7-9-27-10-8-25/h1-6,13-14H,7-12,15H2,(H,24,26). The van der Waals surface area contributed by atoms with Gasteiger partial charge in [0.15, 0.2) is 11.5 Å². The number of carbonyl (C=O) groups excluding carboxylic acids is 1. The quantitative estimate of drug-likeness (QED) is 0.761. The summed E-state index contributed by atoms with van der Waals surface area (Å²) in [6, 6.07) is 11.8. The summed E-state index contributed by atoms with van der Waals surface area (Å²) < 4.78 is 16.4. The van der Waals surface area contributed by atoms with Crippen LogP contribution >= 0.6 is 11.6 Å². The summed E-state index contributed by atoms with van der Waals surface area (Å²) >= 11 is 6.22. The van der Waals surface area contributed by atoms with Crippen molar-refractivity contribution >= 4 is 29.3 Å². The largest absolute Gasteiger partial charge is 0.486 e. The van der Waals surface area contributed by atoms with Gasteiger partial charge >= 0.3 is 0 Å². The van der Waals surface area contributed by atoms with Gasteiger partial charge in [-0.3, -0.25) is 4.79 Å². The van der Waals surface area contributed by atoms with E-state index in [2.05, 4.69) is 22.3 Å². The first-order chi connectivity index (χ1) is 14.2. The van der Waals surface area contributed by atoms with E-state index in [1.54, 1.807) is 12.1 Å². The Balaban J connectivity index is 1.31. The summed E-state index contributed by atoms with van der Waals surface area (Å²) in [5.41, 5.74) is 3.01. The van der Waals surface area contributed by atoms with Gasteiger partial charge in [-0.25, -0.2) is 0 Å². The highest BCUT2D eigenvalue weighted by atomic mass is 35.5. The second-order valence-corrected chi connectivity index (χ2v) is 7.25. The third-order valence-corrected chi connectivity index (χ3v) is 5.11. The van der Waals surface area contributed by atoms with Crippen molar-refractivity contribution in [1.29, 1.82) is 0 Å². The number of carbonyl (C=O) groups is 1. The molecule has 2 heterocycles. The van der Waals surface area contributed by atoms with E-state index in [1.807, 2.05) is 18.2 Å². The first-order valence-corrected chi connectivity index (χ1v) is 10.0. The number of hydrogen-bond acceptors (Lipinski definition) is 5. The van der Waals surface area contributed by atoms with Crippen LogP contribution in [0.1, 0.15) is 11.1 Å². The lowest BCUT2D eigenvalue weighted by molar-refractivity contribution is -0.116. The maximum Gasteiger partial charge on any atom is 0.244 e. The van der Waals surface area contributed by atoms with Crippen LogP contribution in [0, 0.1) is 0 Å². The van der Waals surface area contributed by atoms with Gasteiger partial charge in [0.2, 0.25) is 5.91 Å². The summed E-state index contributed by atoms with van der Waals surface area (Å²) in [5.74, 6) is 0.984. The second-order valence-electron chi connectivity index (χ2n) is 6.84. The highest BCUT2D eigenvalue weighted by Crippen LogP contribution is 2.38. The molecule has 2 aromatic rings. The molecule has 1 fully saturated rings. The molecule has 1 amide bonds. The molecule has 152 valence electrons. The third-order valence-electron chi connectivity index (χ3n) is 4.83. The maximum absolute atomic E-state index is 12.2. The highest BCUT2D eigenvalue weighted by Gasteiger charge is 2.16. The van der Waals surface area contributed by atoms with Gasteiger partial charge in [0, 0.05) is 31.4 Å². The zero-order valence-electron chi connectivity index (χ0n) is 16.0. The summed E-state index contributed by atoms with van der Waals surface area (Å²) in [7, 11) is 0. The molecule has 2 aliphatic rings. The molecule has 1 N–H and O–H groups in total. The lowest BCUT2D eigenvalue weighted by atomic mass is 10.1. The normalized spacial score (nSPS) is 16.1. The van der Waals surface area contributed by atoms with E-state index in [0.717, 1.165) is 37.4 Å². The van der Waals surface area contributed by atoms with Gasteiger partial charge in [-0.05, 0) is 41.5 Å². The monoisotopic (exact) mass is 414 g/mol. The van der Waals surface area contributed by atoms with Crippen LogP contribution < -0.4 is 19.7 Å². The van der Waals surface area contributed by atoms with Crippen LogP contribution in [-0.2, 0) is 16.1 Å². The SMILES string of the molecule is O=C(C=Cc1cc(Cl)c2c(c1)OCCO2)NCc1ccc(N2CCOCC2)cc1. The zero-order chi connectivity index (χ0) is 20.1. The molecule has 1 saturated heterocycles. The summed E-state index contributed by atoms with van der Waals surface area (Å²) in [6.07, 6.45) is 3.20. The van der Waals surface area contributed by atoms with Gasteiger partial charge in [-0.1, -0.05) is 23.7 Å². The number of anilines is 1. The minimum absolute atomic E-state index is 0.173. The van der Waals surface area contributed by atoms with Crippen molar-refractivity contribution in [3.05, 3.63) is 58.6 Å². The van der Waals surface area contributed by atoms with E-state index in [0.29, 0.717) is 36.3 Å². The van der Waals surface area contributed by atoms with Crippen LogP contribution in [0.5, 0.6) is 11.5 Å². The van der Waals surface area contributed by atoms with Crippen LogP contribution in [-0.4, -0.2) is 45.4 Å². The van der Waals surface area contributed by atoms with Gasteiger partial charge in [-0.15, -0.1) is 0 Å². The van der Waals surface area contributed by atoms with E-state index in [-0.39, 0.29) is 5.91 Å². The first-order valence-electron chi connectivity index (χ1n) is 9.66. The van der Waals surface area contributed by atoms with Crippen molar-refractivity contribution in [3.63, 3.8) is 0 Å². The van der Waals surface area contributed by atoms with Crippen molar-refractivity contribution < 1.29 is 19.0 Å². The lowest BCUT2D eigenvalue weighted by Gasteiger charge is -2.28. The Hall–Kier alpha value is -2.70. The van der Waals surface area contributed by atoms with Gasteiger partial charge in [0.05, 0.1) is 18.2 Å². The molecule has 0 aromatic heterocycles. The van der Waals surface area contributed by atoms with Crippen molar-refractivity contribution in [3.8, 4) is 11.5 Å². The van der Waals surface area contributed by atoms with Gasteiger partial charge in [0.1, 0.15) is 13.2 Å². The van der Waals surface area contributed by atoms with E-state index in [9.17, 15) is 4.79 Å². The molecular weight excluding hydrogens is 392 g/mol. The number of amides is 1. The molecule has 0 unspecified atom stereocenters. The second kappa shape index (κ2) is 9.20. The number of nitrogens with one attached hydrogen (secondary N) is 1. The Morgan fingerprint density at radius 3 is 2.62 bits per heavy atom. The summed E-state index contributed by atoms with van der Waals surface area (Å²) in [6.45, 7) is 4.78. The van der Waals surface area contributed by atoms with Crippen molar-refractivity contribution in [2.24, 2.45) is 0 Å². The number of halogens is 1. The fraction of sp³-hybridized carbons (Fsp3) is 0.318. The average Bonchev–Trinajstić information content (AvgIpc) is 2.77. The maximum atomic E-state index is 12.2. The highest BCUT2D eigenvalue weighted by molar-refractivity contribution is 6.32. The minimum Gasteiger partial charge on any atom is -0.486 e. The third kappa shape index (κ3) is 5.02. The predicted octanol–water partition coefficient (Wildman–Crippen LogP) is 3.28. The molecule has 0 aliphatic carbocycles. The molecule has 4 rings (SSSR count). The number of fused-ring (bicyclic) bond motifs is 1. The molecule has 0 spiro atoms. The average molecular weight is 415 g/mol. The smallest absolute Gasteiger partial charge is 0.244 e. The lowest BCUT2D eigenvalue weighted by Crippen LogP contribution is -2.36. The number of morpholine rings is 1. The topological polar surface area (TPSA) is 60.0 Å². The van der Waals surface area contributed by atoms with Gasteiger partial charge in [0.25, 0.3) is 0 Å². The molecule has 2 aliphatic heterocycles. The molecular formula is C22H23ClN2O4. The fourth-order valence-corrected chi connectivity index (χ4v) is 3.57. The molecule has 0 bridgehead atoms. The van der Waals surface area contributed by atoms with E-state index in [4.69, 9.17) is 25.8 Å². The molecule has 0 atom stereocenters. The Bertz CT molecular complexity index is 892. The minimum atomic E-state index is -0.173. The summed E-state index contributed by atoms with van der Waals surface area (Å²) in [5, 5.41) is 3.37. The van der Waals surface area contributed by atoms with Crippen LogP contribution in [0.3, 0.4) is 0 Å². The number of hydrogen-bond donors (Lipinski definition) is 1. The van der Waals surface area contributed by atoms with Crippen LogP contribution in [0.2, 0.25) is 5.02 Å². The van der Waals surface area contributed by atoms with Crippen LogP contribution in [0.4, 0.5) is 5.69 Å². The Morgan fingerprint density at radius 2 is 1.83 bits per heavy atom. The summed E-state index contributed by atoms with van der Waals surface area (Å²) in [4.78, 5) is 14.5. The molecule has 0 radical (unpaired) electrons. The fourth-order valence-electron chi connectivity index (χ4n) is 3.29. The number of benzene rings is 2. The van der Waals surface area contributed by atoms with Gasteiger partial charge in [-0.2, -0.15) is 0 Å². The first kappa shape index (κ1) is 19.6. The molecule has 29 heavy (non-hydrogen) atoms. The van der Waals surface area contributed by atoms with Crippen LogP contribution in [0.15, 0.2) is 42.5 Å². The molecule has 2 aromatic carbocycles. The van der Waals surface area contributed by atoms with Gasteiger partial charge < -0.3 is 24.4 Å². The number of ether oxygens (including phenoxy) is 3. The van der Waals surface area contributed by atoms with E-state index >= 15 is 0 Å². The molecule has 6 nitrogen and oxygen atoms in total. The van der Waals surface area contributed by atoms with Crippen LogP contribution in [0.25, 0.3) is 6.08 Å². The van der Waals surface area contributed by atoms with Crippen molar-refractivity contribution in [2.75, 3.05) is 44.4 Å². The van der Waals surface area contributed by atoms with Crippen molar-refractivity contribution in [1.82, 2.24) is 5.32 Å². The predicted molar refractivity (Wildman–Crippen MR) is 113 cm³/mol. The van der Waals surface area contributed by atoms with E-state index in [1.165, 1.54) is 11.8 Å². The number of nitrogens with zero attached hydrogens (tertiary/aromatic N) is 1. The van der Waals surface area contributed by atoms with E-state index < -0.39 is 0 Å². The Labute approximate surface area is 175 Å². The number of rotatable bonds is 5. The Kier molecular flexibility index (Phi) is 6.22. The molecule has 0 saturated carbocycles. The molecule has 7 heteroatoms. The zero-order valence-corrected chi connectivity index (χ0v) is 16.8.